The molecule has 0 aliphatic heterocycles. The van der Waals surface area contributed by atoms with Gasteiger partial charge in [0.15, 0.2) is 0 Å². The van der Waals surface area contributed by atoms with Crippen LogP contribution in [0.2, 0.25) is 0 Å². The Labute approximate surface area is 89.4 Å². The van der Waals surface area contributed by atoms with Crippen LogP contribution in [0.4, 0.5) is 0 Å². The highest BCUT2D eigenvalue weighted by atomic mass is 32.2. The van der Waals surface area contributed by atoms with Gasteiger partial charge in [0.1, 0.15) is 6.29 Å². The number of rotatable bonds is 4. The van der Waals surface area contributed by atoms with E-state index in [1.807, 2.05) is 0 Å². The van der Waals surface area contributed by atoms with E-state index >= 15 is 0 Å². The summed E-state index contributed by atoms with van der Waals surface area (Å²) in [5.41, 5.74) is 0.349. The predicted octanol–water partition coefficient (Wildman–Crippen LogP) is 1.19. The molecule has 82 valence electrons. The summed E-state index contributed by atoms with van der Waals surface area (Å²) in [7, 11) is -3.50. The van der Waals surface area contributed by atoms with Crippen LogP contribution in [0.5, 0.6) is 0 Å². The van der Waals surface area contributed by atoms with Crippen LogP contribution in [0.25, 0.3) is 0 Å². The third-order valence-corrected chi connectivity index (χ3v) is 3.35. The highest BCUT2D eigenvalue weighted by molar-refractivity contribution is 7.89. The molecule has 0 heterocycles. The predicted molar refractivity (Wildman–Crippen MR) is 57.3 cm³/mol. The zero-order valence-corrected chi connectivity index (χ0v) is 9.41. The van der Waals surface area contributed by atoms with E-state index < -0.39 is 10.0 Å². The molecule has 0 aliphatic carbocycles. The van der Waals surface area contributed by atoms with Crippen molar-refractivity contribution in [2.75, 3.05) is 0 Å². The van der Waals surface area contributed by atoms with Crippen LogP contribution in [0.1, 0.15) is 24.2 Å². The van der Waals surface area contributed by atoms with Gasteiger partial charge in [-0.05, 0) is 26.0 Å². The number of benzene rings is 1. The van der Waals surface area contributed by atoms with Crippen molar-refractivity contribution in [3.63, 3.8) is 0 Å². The van der Waals surface area contributed by atoms with Crippen molar-refractivity contribution in [2.45, 2.75) is 24.8 Å². The molecule has 1 aromatic rings. The Bertz CT molecular complexity index is 451. The van der Waals surface area contributed by atoms with E-state index in [0.29, 0.717) is 11.8 Å². The van der Waals surface area contributed by atoms with Gasteiger partial charge in [0.05, 0.1) is 4.90 Å². The van der Waals surface area contributed by atoms with E-state index in [-0.39, 0.29) is 10.9 Å². The first-order chi connectivity index (χ1) is 6.95. The minimum absolute atomic E-state index is 0.112. The van der Waals surface area contributed by atoms with Gasteiger partial charge < -0.3 is 0 Å². The summed E-state index contributed by atoms with van der Waals surface area (Å²) in [6, 6.07) is 5.73. The molecule has 0 atom stereocenters. The summed E-state index contributed by atoms with van der Waals surface area (Å²) >= 11 is 0. The van der Waals surface area contributed by atoms with Crippen LogP contribution >= 0.6 is 0 Å². The van der Waals surface area contributed by atoms with Gasteiger partial charge in [0, 0.05) is 11.6 Å². The van der Waals surface area contributed by atoms with Gasteiger partial charge in [-0.3, -0.25) is 4.79 Å². The van der Waals surface area contributed by atoms with E-state index in [2.05, 4.69) is 4.72 Å². The molecule has 0 saturated heterocycles. The Morgan fingerprint density at radius 3 is 2.53 bits per heavy atom. The Balaban J connectivity index is 3.10. The molecule has 0 unspecified atom stereocenters. The molecular formula is C10H13NO3S. The molecule has 0 saturated carbocycles. The normalized spacial score (nSPS) is 11.7. The number of aldehydes is 1. The second-order valence-electron chi connectivity index (χ2n) is 3.47. The third-order valence-electron chi connectivity index (χ3n) is 1.70. The average molecular weight is 227 g/mol. The number of carbonyl (C=O) groups is 1. The summed E-state index contributed by atoms with van der Waals surface area (Å²) in [6.07, 6.45) is 0.619. The van der Waals surface area contributed by atoms with Crippen LogP contribution in [0, 0.1) is 0 Å². The van der Waals surface area contributed by atoms with E-state index in [0.717, 1.165) is 0 Å². The van der Waals surface area contributed by atoms with E-state index in [9.17, 15) is 13.2 Å². The van der Waals surface area contributed by atoms with Crippen molar-refractivity contribution < 1.29 is 13.2 Å². The van der Waals surface area contributed by atoms with E-state index in [4.69, 9.17) is 0 Å². The Kier molecular flexibility index (Phi) is 3.60. The summed E-state index contributed by atoms with van der Waals surface area (Å²) in [5.74, 6) is 0. The molecule has 15 heavy (non-hydrogen) atoms. The summed E-state index contributed by atoms with van der Waals surface area (Å²) in [6.45, 7) is 3.47. The maximum Gasteiger partial charge on any atom is 0.240 e. The molecule has 0 fully saturated rings. The fourth-order valence-electron chi connectivity index (χ4n) is 1.13. The molecule has 0 spiro atoms. The molecule has 0 bridgehead atoms. The monoisotopic (exact) mass is 227 g/mol. The van der Waals surface area contributed by atoms with Crippen molar-refractivity contribution >= 4 is 16.3 Å². The smallest absolute Gasteiger partial charge is 0.240 e. The molecule has 1 N–H and O–H groups in total. The topological polar surface area (TPSA) is 63.2 Å². The van der Waals surface area contributed by atoms with Gasteiger partial charge in [-0.1, -0.05) is 12.1 Å². The van der Waals surface area contributed by atoms with Gasteiger partial charge in [-0.2, -0.15) is 0 Å². The van der Waals surface area contributed by atoms with Gasteiger partial charge in [0.25, 0.3) is 0 Å². The lowest BCUT2D eigenvalue weighted by atomic mass is 10.2. The number of carbonyl (C=O) groups excluding carboxylic acids is 1. The minimum Gasteiger partial charge on any atom is -0.298 e. The Morgan fingerprint density at radius 1 is 1.33 bits per heavy atom. The number of sulfonamides is 1. The van der Waals surface area contributed by atoms with E-state index in [1.54, 1.807) is 26.0 Å². The lowest BCUT2D eigenvalue weighted by Crippen LogP contribution is -2.30. The van der Waals surface area contributed by atoms with Gasteiger partial charge in [-0.25, -0.2) is 13.1 Å². The lowest BCUT2D eigenvalue weighted by molar-refractivity contribution is 0.112. The minimum atomic E-state index is -3.50. The van der Waals surface area contributed by atoms with Crippen molar-refractivity contribution in [1.29, 1.82) is 0 Å². The molecule has 4 nitrogen and oxygen atoms in total. The van der Waals surface area contributed by atoms with Crippen LogP contribution in [-0.4, -0.2) is 20.7 Å². The zero-order chi connectivity index (χ0) is 11.5. The SMILES string of the molecule is CC(C)NS(=O)(=O)c1cccc(C=O)c1. The van der Waals surface area contributed by atoms with Crippen molar-refractivity contribution in [1.82, 2.24) is 4.72 Å². The summed E-state index contributed by atoms with van der Waals surface area (Å²) in [4.78, 5) is 10.6. The van der Waals surface area contributed by atoms with Crippen molar-refractivity contribution in [3.05, 3.63) is 29.8 Å². The number of nitrogens with one attached hydrogen (secondary N) is 1. The second kappa shape index (κ2) is 4.55. The fourth-order valence-corrected chi connectivity index (χ4v) is 2.44. The molecule has 0 aromatic heterocycles. The molecule has 0 amide bonds. The maximum absolute atomic E-state index is 11.7. The largest absolute Gasteiger partial charge is 0.298 e. The highest BCUT2D eigenvalue weighted by Gasteiger charge is 2.15. The Hall–Kier alpha value is -1.20. The lowest BCUT2D eigenvalue weighted by Gasteiger charge is -2.09. The quantitative estimate of drug-likeness (QED) is 0.786. The van der Waals surface area contributed by atoms with Gasteiger partial charge >= 0.3 is 0 Å². The second-order valence-corrected chi connectivity index (χ2v) is 5.18. The zero-order valence-electron chi connectivity index (χ0n) is 8.60. The summed E-state index contributed by atoms with van der Waals surface area (Å²) < 4.78 is 25.8. The number of hydrogen-bond acceptors (Lipinski definition) is 3. The number of hydrogen-bond donors (Lipinski definition) is 1. The molecule has 0 aliphatic rings. The van der Waals surface area contributed by atoms with Gasteiger partial charge in [0.2, 0.25) is 10.0 Å². The first-order valence-electron chi connectivity index (χ1n) is 4.53. The van der Waals surface area contributed by atoms with Crippen LogP contribution < -0.4 is 4.72 Å². The maximum atomic E-state index is 11.7. The average Bonchev–Trinajstić information content (AvgIpc) is 2.16. The fraction of sp³-hybridized carbons (Fsp3) is 0.300. The van der Waals surface area contributed by atoms with Gasteiger partial charge in [-0.15, -0.1) is 0 Å². The molecule has 0 radical (unpaired) electrons. The van der Waals surface area contributed by atoms with Crippen LogP contribution in [0.15, 0.2) is 29.2 Å². The van der Waals surface area contributed by atoms with Crippen molar-refractivity contribution in [2.24, 2.45) is 0 Å². The molecule has 1 rings (SSSR count). The van der Waals surface area contributed by atoms with Crippen molar-refractivity contribution in [3.8, 4) is 0 Å². The van der Waals surface area contributed by atoms with Crippen LogP contribution in [0.3, 0.4) is 0 Å². The Morgan fingerprint density at radius 2 is 2.00 bits per heavy atom. The molecule has 1 aromatic carbocycles. The first kappa shape index (κ1) is 11.9. The first-order valence-corrected chi connectivity index (χ1v) is 6.01. The van der Waals surface area contributed by atoms with Crippen LogP contribution in [-0.2, 0) is 10.0 Å². The summed E-state index contributed by atoms with van der Waals surface area (Å²) in [5, 5.41) is 0. The standard InChI is InChI=1S/C10H13NO3S/c1-8(2)11-15(13,14)10-5-3-4-9(6-10)7-12/h3-8,11H,1-2H3. The molecule has 5 heteroatoms. The van der Waals surface area contributed by atoms with E-state index in [1.165, 1.54) is 12.1 Å². The molecular weight excluding hydrogens is 214 g/mol. The highest BCUT2D eigenvalue weighted by Crippen LogP contribution is 2.10. The third kappa shape index (κ3) is 3.14.